The van der Waals surface area contributed by atoms with Crippen molar-refractivity contribution in [2.45, 2.75) is 52.3 Å². The summed E-state index contributed by atoms with van der Waals surface area (Å²) in [7, 11) is 3.85. The molecule has 0 bridgehead atoms. The normalized spacial score (nSPS) is 21.1. The molecule has 2 rings (SSSR count). The number of nitrogens with one attached hydrogen (secondary N) is 1. The molecule has 2 unspecified atom stereocenters. The van der Waals surface area contributed by atoms with E-state index < -0.39 is 5.60 Å². The Morgan fingerprint density at radius 1 is 1.40 bits per heavy atom. The lowest BCUT2D eigenvalue weighted by Crippen LogP contribution is -2.51. The van der Waals surface area contributed by atoms with Gasteiger partial charge in [-0.2, -0.15) is 0 Å². The molecule has 1 aliphatic heterocycles. The Hall–Kier alpha value is -1.89. The third-order valence-electron chi connectivity index (χ3n) is 3.98. The quantitative estimate of drug-likeness (QED) is 0.899. The maximum Gasteiger partial charge on any atom is 0.410 e. The van der Waals surface area contributed by atoms with Crippen LogP contribution in [0.2, 0.25) is 0 Å². The van der Waals surface area contributed by atoms with E-state index in [1.54, 1.807) is 6.20 Å². The zero-order chi connectivity index (χ0) is 18.6. The maximum atomic E-state index is 12.3. The van der Waals surface area contributed by atoms with Gasteiger partial charge in [-0.05, 0) is 39.2 Å². The number of amides is 1. The number of ether oxygens (including phenoxy) is 1. The number of hydrogen-bond acceptors (Lipinski definition) is 6. The van der Waals surface area contributed by atoms with Crippen molar-refractivity contribution in [1.82, 2.24) is 20.2 Å². The summed E-state index contributed by atoms with van der Waals surface area (Å²) < 4.78 is 5.51. The van der Waals surface area contributed by atoms with Crippen LogP contribution in [0.1, 0.15) is 39.8 Å². The molecule has 7 heteroatoms. The second-order valence-electron chi connectivity index (χ2n) is 8.05. The molecule has 1 amide bonds. The molecule has 1 saturated heterocycles. The minimum atomic E-state index is -0.468. The number of nitrogens with zero attached hydrogens (tertiary/aromatic N) is 4. The number of anilines is 1. The van der Waals surface area contributed by atoms with E-state index in [0.29, 0.717) is 25.0 Å². The topological polar surface area (TPSA) is 70.6 Å². The van der Waals surface area contributed by atoms with E-state index >= 15 is 0 Å². The van der Waals surface area contributed by atoms with E-state index in [-0.39, 0.29) is 12.1 Å². The van der Waals surface area contributed by atoms with Crippen molar-refractivity contribution in [3.05, 3.63) is 18.0 Å². The van der Waals surface area contributed by atoms with Crippen molar-refractivity contribution in [3.63, 3.8) is 0 Å². The summed E-state index contributed by atoms with van der Waals surface area (Å²) in [6, 6.07) is 2.15. The summed E-state index contributed by atoms with van der Waals surface area (Å²) in [4.78, 5) is 24.8. The smallest absolute Gasteiger partial charge is 0.410 e. The van der Waals surface area contributed by atoms with Gasteiger partial charge in [-0.3, -0.25) is 0 Å². The monoisotopic (exact) mass is 349 g/mol. The summed E-state index contributed by atoms with van der Waals surface area (Å²) in [5, 5.41) is 3.52. The Morgan fingerprint density at radius 3 is 2.76 bits per heavy atom. The Kier molecular flexibility index (Phi) is 6.21. The number of carbonyl (C=O) groups excluding carboxylic acids is 1. The van der Waals surface area contributed by atoms with Crippen LogP contribution < -0.4 is 10.2 Å². The number of carbonyl (C=O) groups is 1. The van der Waals surface area contributed by atoms with Crippen LogP contribution in [0.15, 0.2) is 12.3 Å². The zero-order valence-corrected chi connectivity index (χ0v) is 16.2. The third-order valence-corrected chi connectivity index (χ3v) is 3.98. The number of likely N-dealkylation sites (tertiary alicyclic amines) is 1. The molecule has 1 aromatic rings. The van der Waals surface area contributed by atoms with Crippen molar-refractivity contribution in [2.24, 2.45) is 5.92 Å². The van der Waals surface area contributed by atoms with E-state index in [4.69, 9.17) is 4.74 Å². The lowest BCUT2D eigenvalue weighted by molar-refractivity contribution is 0.0137. The SMILES string of the molecule is CC1CC(NCc2ccnc(N(C)C)n2)CN(C(=O)OC(C)(C)C)C1. The standard InChI is InChI=1S/C18H31N5O2/c1-13-9-15(12-23(11-13)17(24)25-18(2,3)4)20-10-14-7-8-19-16(21-14)22(5)6/h7-8,13,15,20H,9-12H2,1-6H3. The van der Waals surface area contributed by atoms with E-state index in [2.05, 4.69) is 22.2 Å². The van der Waals surface area contributed by atoms with Gasteiger partial charge in [0.1, 0.15) is 5.60 Å². The van der Waals surface area contributed by atoms with Gasteiger partial charge < -0.3 is 19.9 Å². The Balaban J connectivity index is 1.93. The minimum Gasteiger partial charge on any atom is -0.444 e. The second kappa shape index (κ2) is 7.99. The van der Waals surface area contributed by atoms with Crippen LogP contribution in [0.5, 0.6) is 0 Å². The van der Waals surface area contributed by atoms with Crippen molar-refractivity contribution in [2.75, 3.05) is 32.1 Å². The highest BCUT2D eigenvalue weighted by Gasteiger charge is 2.30. The Bertz CT molecular complexity index is 585. The molecule has 1 aromatic heterocycles. The summed E-state index contributed by atoms with van der Waals surface area (Å²) in [5.74, 6) is 1.13. The number of rotatable bonds is 4. The van der Waals surface area contributed by atoms with E-state index in [1.807, 2.05) is 50.7 Å². The van der Waals surface area contributed by atoms with Gasteiger partial charge in [-0.25, -0.2) is 14.8 Å². The van der Waals surface area contributed by atoms with E-state index in [9.17, 15) is 4.79 Å². The van der Waals surface area contributed by atoms with Crippen LogP contribution in [0.3, 0.4) is 0 Å². The summed E-state index contributed by atoms with van der Waals surface area (Å²) in [5.41, 5.74) is 0.477. The second-order valence-corrected chi connectivity index (χ2v) is 8.05. The minimum absolute atomic E-state index is 0.231. The van der Waals surface area contributed by atoms with Crippen molar-refractivity contribution >= 4 is 12.0 Å². The van der Waals surface area contributed by atoms with Gasteiger partial charge in [0.05, 0.1) is 5.69 Å². The fourth-order valence-electron chi connectivity index (χ4n) is 2.92. The molecular formula is C18H31N5O2. The number of aromatic nitrogens is 2. The molecule has 7 nitrogen and oxygen atoms in total. The molecule has 25 heavy (non-hydrogen) atoms. The first-order valence-corrected chi connectivity index (χ1v) is 8.84. The molecule has 1 N–H and O–H groups in total. The van der Waals surface area contributed by atoms with E-state index in [0.717, 1.165) is 18.7 Å². The largest absolute Gasteiger partial charge is 0.444 e. The number of hydrogen-bond donors (Lipinski definition) is 1. The molecule has 0 saturated carbocycles. The van der Waals surface area contributed by atoms with Crippen LogP contribution >= 0.6 is 0 Å². The van der Waals surface area contributed by atoms with Crippen LogP contribution in [0, 0.1) is 5.92 Å². The molecule has 0 spiro atoms. The average molecular weight is 349 g/mol. The summed E-state index contributed by atoms with van der Waals surface area (Å²) >= 11 is 0. The molecule has 0 aromatic carbocycles. The van der Waals surface area contributed by atoms with Crippen LogP contribution in [0.25, 0.3) is 0 Å². The Morgan fingerprint density at radius 2 is 2.12 bits per heavy atom. The molecule has 1 fully saturated rings. The van der Waals surface area contributed by atoms with Crippen molar-refractivity contribution < 1.29 is 9.53 Å². The molecule has 2 atom stereocenters. The molecular weight excluding hydrogens is 318 g/mol. The van der Waals surface area contributed by atoms with Crippen LogP contribution in [-0.2, 0) is 11.3 Å². The van der Waals surface area contributed by atoms with Gasteiger partial charge in [0, 0.05) is 46.0 Å². The lowest BCUT2D eigenvalue weighted by Gasteiger charge is -2.37. The predicted molar refractivity (Wildman–Crippen MR) is 98.6 cm³/mol. The van der Waals surface area contributed by atoms with Crippen LogP contribution in [0.4, 0.5) is 10.7 Å². The number of piperidine rings is 1. The highest BCUT2D eigenvalue weighted by Crippen LogP contribution is 2.19. The van der Waals surface area contributed by atoms with Gasteiger partial charge in [-0.15, -0.1) is 0 Å². The van der Waals surface area contributed by atoms with Crippen molar-refractivity contribution in [1.29, 1.82) is 0 Å². The molecule has 2 heterocycles. The Labute approximate surface area is 150 Å². The molecule has 1 aliphatic rings. The molecule has 0 aliphatic carbocycles. The van der Waals surface area contributed by atoms with Crippen LogP contribution in [-0.4, -0.2) is 59.8 Å². The first-order chi connectivity index (χ1) is 11.6. The lowest BCUT2D eigenvalue weighted by atomic mass is 9.96. The summed E-state index contributed by atoms with van der Waals surface area (Å²) in [6.45, 7) is 9.90. The van der Waals surface area contributed by atoms with Gasteiger partial charge in [0.15, 0.2) is 0 Å². The van der Waals surface area contributed by atoms with Gasteiger partial charge in [0.25, 0.3) is 0 Å². The first-order valence-electron chi connectivity index (χ1n) is 8.84. The highest BCUT2D eigenvalue weighted by atomic mass is 16.6. The van der Waals surface area contributed by atoms with Gasteiger partial charge in [-0.1, -0.05) is 6.92 Å². The summed E-state index contributed by atoms with van der Waals surface area (Å²) in [6.07, 6.45) is 2.57. The molecule has 140 valence electrons. The predicted octanol–water partition coefficient (Wildman–Crippen LogP) is 2.28. The van der Waals surface area contributed by atoms with Gasteiger partial charge >= 0.3 is 6.09 Å². The van der Waals surface area contributed by atoms with Crippen molar-refractivity contribution in [3.8, 4) is 0 Å². The first kappa shape index (κ1) is 19.4. The average Bonchev–Trinajstić information content (AvgIpc) is 2.51. The highest BCUT2D eigenvalue weighted by molar-refractivity contribution is 5.68. The molecule has 0 radical (unpaired) electrons. The van der Waals surface area contributed by atoms with Gasteiger partial charge in [0.2, 0.25) is 5.95 Å². The fraction of sp³-hybridized carbons (Fsp3) is 0.722. The van der Waals surface area contributed by atoms with E-state index in [1.165, 1.54) is 0 Å². The maximum absolute atomic E-state index is 12.3. The zero-order valence-electron chi connectivity index (χ0n) is 16.2. The third kappa shape index (κ3) is 6.16. The fourth-order valence-corrected chi connectivity index (χ4v) is 2.92.